The average Bonchev–Trinajstić information content (AvgIpc) is 2.85. The minimum absolute atomic E-state index is 0.283. The van der Waals surface area contributed by atoms with Gasteiger partial charge in [0.05, 0.1) is 12.1 Å². The van der Waals surface area contributed by atoms with Crippen LogP contribution in [-0.4, -0.2) is 12.3 Å². The molecule has 0 atom stereocenters. The average molecular weight is 279 g/mol. The van der Waals surface area contributed by atoms with Gasteiger partial charge in [-0.3, -0.25) is 0 Å². The standard InChI is InChI=1S/C14H15ClN2O2/c1-18-14-10(11-7-12(16)19-17-11)6-8-4-2-3-5-9(8)13(14)15/h6-7H,2-5,16H2,1H3. The fraction of sp³-hybridized carbons (Fsp3) is 0.357. The highest BCUT2D eigenvalue weighted by Gasteiger charge is 2.22. The number of fused-ring (bicyclic) bond motifs is 1. The maximum atomic E-state index is 6.47. The number of hydrogen-bond acceptors (Lipinski definition) is 4. The van der Waals surface area contributed by atoms with E-state index in [2.05, 4.69) is 11.2 Å². The summed E-state index contributed by atoms with van der Waals surface area (Å²) in [5.41, 5.74) is 9.55. The minimum Gasteiger partial charge on any atom is -0.494 e. The number of methoxy groups -OCH3 is 1. The van der Waals surface area contributed by atoms with E-state index in [9.17, 15) is 0 Å². The molecule has 5 heteroatoms. The van der Waals surface area contributed by atoms with Crippen LogP contribution in [-0.2, 0) is 12.8 Å². The van der Waals surface area contributed by atoms with Crippen LogP contribution < -0.4 is 10.5 Å². The van der Waals surface area contributed by atoms with Crippen molar-refractivity contribution in [1.82, 2.24) is 5.16 Å². The first-order chi connectivity index (χ1) is 9.20. The molecule has 0 spiro atoms. The maximum absolute atomic E-state index is 6.47. The molecule has 0 bridgehead atoms. The lowest BCUT2D eigenvalue weighted by Crippen LogP contribution is -2.05. The van der Waals surface area contributed by atoms with Crippen LogP contribution in [0.1, 0.15) is 24.0 Å². The Kier molecular flexibility index (Phi) is 3.11. The topological polar surface area (TPSA) is 61.3 Å². The van der Waals surface area contributed by atoms with Gasteiger partial charge in [-0.15, -0.1) is 0 Å². The third-order valence-corrected chi connectivity index (χ3v) is 3.95. The summed E-state index contributed by atoms with van der Waals surface area (Å²) in [6.45, 7) is 0. The number of nitrogens with zero attached hydrogens (tertiary/aromatic N) is 1. The second kappa shape index (κ2) is 4.78. The van der Waals surface area contributed by atoms with Gasteiger partial charge in [0, 0.05) is 11.6 Å². The van der Waals surface area contributed by atoms with E-state index in [-0.39, 0.29) is 5.88 Å². The number of halogens is 1. The molecule has 3 rings (SSSR count). The smallest absolute Gasteiger partial charge is 0.222 e. The van der Waals surface area contributed by atoms with E-state index >= 15 is 0 Å². The van der Waals surface area contributed by atoms with Gasteiger partial charge >= 0.3 is 0 Å². The number of benzene rings is 1. The summed E-state index contributed by atoms with van der Waals surface area (Å²) in [6.07, 6.45) is 4.41. The maximum Gasteiger partial charge on any atom is 0.222 e. The second-order valence-corrected chi connectivity index (χ2v) is 5.11. The van der Waals surface area contributed by atoms with Gasteiger partial charge in [-0.25, -0.2) is 0 Å². The first kappa shape index (κ1) is 12.4. The molecule has 1 aromatic heterocycles. The number of hydrogen-bond donors (Lipinski definition) is 1. The lowest BCUT2D eigenvalue weighted by atomic mass is 9.89. The molecule has 2 N–H and O–H groups in total. The van der Waals surface area contributed by atoms with Crippen LogP contribution in [0.2, 0.25) is 5.02 Å². The van der Waals surface area contributed by atoms with Crippen LogP contribution in [0.25, 0.3) is 11.3 Å². The van der Waals surface area contributed by atoms with Gasteiger partial charge in [0.1, 0.15) is 11.4 Å². The molecule has 0 saturated heterocycles. The summed E-state index contributed by atoms with van der Waals surface area (Å²) in [7, 11) is 1.61. The summed E-state index contributed by atoms with van der Waals surface area (Å²) in [5, 5.41) is 4.64. The lowest BCUT2D eigenvalue weighted by Gasteiger charge is -2.20. The van der Waals surface area contributed by atoms with Crippen LogP contribution in [0.3, 0.4) is 0 Å². The van der Waals surface area contributed by atoms with E-state index in [0.717, 1.165) is 18.4 Å². The van der Waals surface area contributed by atoms with Gasteiger partial charge in [0.2, 0.25) is 5.88 Å². The highest BCUT2D eigenvalue weighted by molar-refractivity contribution is 6.33. The summed E-state index contributed by atoms with van der Waals surface area (Å²) in [6, 6.07) is 3.78. The van der Waals surface area contributed by atoms with E-state index in [1.54, 1.807) is 13.2 Å². The summed E-state index contributed by atoms with van der Waals surface area (Å²) < 4.78 is 10.4. The van der Waals surface area contributed by atoms with Gasteiger partial charge < -0.3 is 15.0 Å². The number of anilines is 1. The summed E-state index contributed by atoms with van der Waals surface area (Å²) >= 11 is 6.47. The van der Waals surface area contributed by atoms with E-state index in [1.807, 2.05) is 0 Å². The molecule has 4 nitrogen and oxygen atoms in total. The zero-order valence-electron chi connectivity index (χ0n) is 10.7. The molecular weight excluding hydrogens is 264 g/mol. The highest BCUT2D eigenvalue weighted by atomic mass is 35.5. The lowest BCUT2D eigenvalue weighted by molar-refractivity contribution is 0.413. The highest BCUT2D eigenvalue weighted by Crippen LogP contribution is 2.42. The number of rotatable bonds is 2. The molecule has 19 heavy (non-hydrogen) atoms. The number of aromatic nitrogens is 1. The zero-order chi connectivity index (χ0) is 13.4. The van der Waals surface area contributed by atoms with Crippen molar-refractivity contribution < 1.29 is 9.26 Å². The van der Waals surface area contributed by atoms with E-state index in [4.69, 9.17) is 26.6 Å². The number of aryl methyl sites for hydroxylation is 1. The predicted octanol–water partition coefficient (Wildman–Crippen LogP) is 3.46. The van der Waals surface area contributed by atoms with Crippen molar-refractivity contribution in [2.45, 2.75) is 25.7 Å². The Bertz CT molecular complexity index is 622. The Balaban J connectivity index is 2.21. The van der Waals surface area contributed by atoms with Crippen molar-refractivity contribution in [3.05, 3.63) is 28.3 Å². The first-order valence-electron chi connectivity index (χ1n) is 6.31. The van der Waals surface area contributed by atoms with Crippen molar-refractivity contribution >= 4 is 17.5 Å². The fourth-order valence-corrected chi connectivity index (χ4v) is 3.03. The Morgan fingerprint density at radius 2 is 2.11 bits per heavy atom. The molecular formula is C14H15ClN2O2. The molecule has 1 heterocycles. The number of nitrogen functional groups attached to an aromatic ring is 1. The third-order valence-electron chi connectivity index (χ3n) is 3.55. The molecule has 2 aromatic rings. The summed E-state index contributed by atoms with van der Waals surface area (Å²) in [5.74, 6) is 0.932. The van der Waals surface area contributed by atoms with Crippen molar-refractivity contribution in [2.75, 3.05) is 12.8 Å². The second-order valence-electron chi connectivity index (χ2n) is 4.73. The molecule has 0 fully saturated rings. The molecule has 0 radical (unpaired) electrons. The quantitative estimate of drug-likeness (QED) is 0.914. The van der Waals surface area contributed by atoms with Crippen molar-refractivity contribution in [1.29, 1.82) is 0 Å². The number of nitrogens with two attached hydrogens (primary N) is 1. The van der Waals surface area contributed by atoms with E-state index in [1.165, 1.54) is 24.0 Å². The Morgan fingerprint density at radius 3 is 2.79 bits per heavy atom. The Hall–Kier alpha value is -1.68. The van der Waals surface area contributed by atoms with Crippen molar-refractivity contribution in [3.63, 3.8) is 0 Å². The van der Waals surface area contributed by atoms with Gasteiger partial charge in [-0.1, -0.05) is 16.8 Å². The monoisotopic (exact) mass is 278 g/mol. The Morgan fingerprint density at radius 1 is 1.32 bits per heavy atom. The molecule has 1 aliphatic rings. The Labute approximate surface area is 116 Å². The normalized spacial score (nSPS) is 14.2. The predicted molar refractivity (Wildman–Crippen MR) is 74.6 cm³/mol. The number of ether oxygens (including phenoxy) is 1. The van der Waals surface area contributed by atoms with Crippen molar-refractivity contribution in [3.8, 4) is 17.0 Å². The zero-order valence-corrected chi connectivity index (χ0v) is 11.5. The third kappa shape index (κ3) is 2.06. The molecule has 0 unspecified atom stereocenters. The van der Waals surface area contributed by atoms with E-state index < -0.39 is 0 Å². The molecule has 0 amide bonds. The van der Waals surface area contributed by atoms with Gasteiger partial charge in [-0.2, -0.15) is 0 Å². The largest absolute Gasteiger partial charge is 0.494 e. The summed E-state index contributed by atoms with van der Waals surface area (Å²) in [4.78, 5) is 0. The SMILES string of the molecule is COc1c(-c2cc(N)on2)cc2c(c1Cl)CCCC2. The van der Waals surface area contributed by atoms with Gasteiger partial charge in [0.25, 0.3) is 0 Å². The minimum atomic E-state index is 0.283. The van der Waals surface area contributed by atoms with Crippen LogP contribution >= 0.6 is 11.6 Å². The molecule has 0 aliphatic heterocycles. The molecule has 0 saturated carbocycles. The molecule has 1 aromatic carbocycles. The van der Waals surface area contributed by atoms with Crippen molar-refractivity contribution in [2.24, 2.45) is 0 Å². The fourth-order valence-electron chi connectivity index (χ4n) is 2.64. The van der Waals surface area contributed by atoms with Gasteiger partial charge in [0.15, 0.2) is 0 Å². The van der Waals surface area contributed by atoms with E-state index in [0.29, 0.717) is 16.5 Å². The first-order valence-corrected chi connectivity index (χ1v) is 6.69. The molecule has 100 valence electrons. The van der Waals surface area contributed by atoms with Crippen LogP contribution in [0.15, 0.2) is 16.7 Å². The van der Waals surface area contributed by atoms with Gasteiger partial charge in [-0.05, 0) is 42.9 Å². The molecule has 1 aliphatic carbocycles. The van der Waals surface area contributed by atoms with Crippen LogP contribution in [0.5, 0.6) is 5.75 Å². The van der Waals surface area contributed by atoms with Crippen LogP contribution in [0, 0.1) is 0 Å². The van der Waals surface area contributed by atoms with Crippen LogP contribution in [0.4, 0.5) is 5.88 Å².